The van der Waals surface area contributed by atoms with Crippen molar-refractivity contribution in [2.75, 3.05) is 26.9 Å². The van der Waals surface area contributed by atoms with Crippen LogP contribution >= 0.6 is 0 Å². The smallest absolute Gasteiger partial charge is 0.407 e. The summed E-state index contributed by atoms with van der Waals surface area (Å²) in [6.45, 7) is 2.56. The Morgan fingerprint density at radius 1 is 1.00 bits per heavy atom. The molecule has 0 aromatic heterocycles. The second kappa shape index (κ2) is 12.9. The summed E-state index contributed by atoms with van der Waals surface area (Å²) in [6.07, 6.45) is 1.50. The molecule has 0 fully saturated rings. The Labute approximate surface area is 206 Å². The van der Waals surface area contributed by atoms with Crippen LogP contribution in [0.5, 0.6) is 0 Å². The number of fused-ring (bicyclic) bond motifs is 3. The molecule has 0 heterocycles. The van der Waals surface area contributed by atoms with Crippen LogP contribution in [0.1, 0.15) is 49.7 Å². The van der Waals surface area contributed by atoms with Crippen LogP contribution < -0.4 is 10.6 Å². The maximum Gasteiger partial charge on any atom is 0.407 e. The number of benzene rings is 2. The fourth-order valence-electron chi connectivity index (χ4n) is 4.53. The zero-order valence-electron chi connectivity index (χ0n) is 20.3. The molecule has 0 saturated carbocycles. The van der Waals surface area contributed by atoms with E-state index in [0.29, 0.717) is 19.4 Å². The van der Waals surface area contributed by atoms with Gasteiger partial charge >= 0.3 is 12.1 Å². The molecule has 2 aromatic rings. The standard InChI is InChI=1S/C27H34N2O6/c1-3-18(12-13-25(30)31)14-15-28-26(32)24(17-34-2)29-27(33)35-16-23-21-10-6-4-8-19(21)20-9-5-7-11-22(20)23/h4-11,18,23-24H,3,12-17H2,1-2H3,(H,28,32)(H,29,33)(H,30,31). The molecule has 35 heavy (non-hydrogen) atoms. The molecular formula is C27H34N2O6. The minimum absolute atomic E-state index is 0.00620. The van der Waals surface area contributed by atoms with Gasteiger partial charge in [-0.2, -0.15) is 0 Å². The fourth-order valence-corrected chi connectivity index (χ4v) is 4.53. The van der Waals surface area contributed by atoms with Gasteiger partial charge in [0, 0.05) is 26.0 Å². The number of rotatable bonds is 13. The molecule has 0 spiro atoms. The van der Waals surface area contributed by atoms with Crippen LogP contribution in [-0.2, 0) is 19.1 Å². The lowest BCUT2D eigenvalue weighted by Gasteiger charge is -2.20. The number of methoxy groups -OCH3 is 1. The molecule has 2 atom stereocenters. The van der Waals surface area contributed by atoms with E-state index in [9.17, 15) is 14.4 Å². The molecule has 1 aliphatic carbocycles. The fraction of sp³-hybridized carbons (Fsp3) is 0.444. The topological polar surface area (TPSA) is 114 Å². The molecule has 1 aliphatic rings. The second-order valence-electron chi connectivity index (χ2n) is 8.76. The van der Waals surface area contributed by atoms with Crippen molar-refractivity contribution < 1.29 is 29.0 Å². The van der Waals surface area contributed by atoms with Gasteiger partial charge in [0.2, 0.25) is 5.91 Å². The van der Waals surface area contributed by atoms with Crippen LogP contribution in [0.3, 0.4) is 0 Å². The molecule has 188 valence electrons. The van der Waals surface area contributed by atoms with Crippen molar-refractivity contribution in [1.82, 2.24) is 10.6 Å². The Kier molecular flexibility index (Phi) is 9.66. The Bertz CT molecular complexity index is 979. The summed E-state index contributed by atoms with van der Waals surface area (Å²) in [7, 11) is 1.46. The monoisotopic (exact) mass is 482 g/mol. The summed E-state index contributed by atoms with van der Waals surface area (Å²) in [5, 5.41) is 14.3. The molecule has 8 heteroatoms. The number of hydrogen-bond acceptors (Lipinski definition) is 5. The van der Waals surface area contributed by atoms with Crippen LogP contribution in [0.2, 0.25) is 0 Å². The van der Waals surface area contributed by atoms with Gasteiger partial charge in [-0.3, -0.25) is 9.59 Å². The summed E-state index contributed by atoms with van der Waals surface area (Å²) in [5.74, 6) is -1.05. The van der Waals surface area contributed by atoms with Gasteiger partial charge in [-0.25, -0.2) is 4.79 Å². The van der Waals surface area contributed by atoms with Gasteiger partial charge in [-0.15, -0.1) is 0 Å². The van der Waals surface area contributed by atoms with Crippen LogP contribution in [0.4, 0.5) is 4.79 Å². The third-order valence-electron chi connectivity index (χ3n) is 6.48. The van der Waals surface area contributed by atoms with Gasteiger partial charge in [0.15, 0.2) is 0 Å². The number of carbonyl (C=O) groups is 3. The van der Waals surface area contributed by atoms with Gasteiger partial charge < -0.3 is 25.2 Å². The van der Waals surface area contributed by atoms with E-state index in [1.165, 1.54) is 7.11 Å². The van der Waals surface area contributed by atoms with Crippen LogP contribution in [-0.4, -0.2) is 56.0 Å². The second-order valence-corrected chi connectivity index (χ2v) is 8.76. The summed E-state index contributed by atoms with van der Waals surface area (Å²) < 4.78 is 10.7. The summed E-state index contributed by atoms with van der Waals surface area (Å²) >= 11 is 0. The summed E-state index contributed by atoms with van der Waals surface area (Å²) in [5.41, 5.74) is 4.51. The van der Waals surface area contributed by atoms with E-state index >= 15 is 0 Å². The lowest BCUT2D eigenvalue weighted by molar-refractivity contribution is -0.137. The van der Waals surface area contributed by atoms with Crippen molar-refractivity contribution in [1.29, 1.82) is 0 Å². The number of amides is 2. The van der Waals surface area contributed by atoms with Crippen LogP contribution in [0.15, 0.2) is 48.5 Å². The molecule has 2 unspecified atom stereocenters. The van der Waals surface area contributed by atoms with Crippen molar-refractivity contribution in [3.8, 4) is 11.1 Å². The van der Waals surface area contributed by atoms with E-state index in [1.54, 1.807) is 0 Å². The lowest BCUT2D eigenvalue weighted by atomic mass is 9.96. The van der Waals surface area contributed by atoms with Crippen molar-refractivity contribution >= 4 is 18.0 Å². The number of carbonyl (C=O) groups excluding carboxylic acids is 2. The average molecular weight is 483 g/mol. The van der Waals surface area contributed by atoms with E-state index in [0.717, 1.165) is 28.7 Å². The molecule has 8 nitrogen and oxygen atoms in total. The van der Waals surface area contributed by atoms with E-state index in [4.69, 9.17) is 14.6 Å². The Balaban J connectivity index is 1.52. The number of ether oxygens (including phenoxy) is 2. The highest BCUT2D eigenvalue weighted by molar-refractivity contribution is 5.86. The largest absolute Gasteiger partial charge is 0.481 e. The van der Waals surface area contributed by atoms with Gasteiger partial charge in [0.1, 0.15) is 12.6 Å². The molecule has 2 amide bonds. The summed E-state index contributed by atoms with van der Waals surface area (Å²) in [6, 6.07) is 15.3. The third-order valence-corrected chi connectivity index (χ3v) is 6.48. The molecule has 0 radical (unpaired) electrons. The van der Waals surface area contributed by atoms with Gasteiger partial charge in [0.05, 0.1) is 6.61 Å². The minimum atomic E-state index is -0.894. The minimum Gasteiger partial charge on any atom is -0.481 e. The highest BCUT2D eigenvalue weighted by atomic mass is 16.5. The maximum atomic E-state index is 12.6. The van der Waals surface area contributed by atoms with E-state index < -0.39 is 18.1 Å². The molecule has 2 aromatic carbocycles. The maximum absolute atomic E-state index is 12.6. The normalized spacial score (nSPS) is 13.9. The zero-order chi connectivity index (χ0) is 25.2. The molecule has 3 N–H and O–H groups in total. The molecule has 3 rings (SSSR count). The predicted octanol–water partition coefficient (Wildman–Crippen LogP) is 3.94. The van der Waals surface area contributed by atoms with Gasteiger partial charge in [-0.1, -0.05) is 61.9 Å². The van der Waals surface area contributed by atoms with Crippen molar-refractivity contribution in [3.63, 3.8) is 0 Å². The van der Waals surface area contributed by atoms with E-state index in [-0.39, 0.29) is 37.4 Å². The zero-order valence-corrected chi connectivity index (χ0v) is 20.3. The van der Waals surface area contributed by atoms with Crippen molar-refractivity contribution in [2.45, 2.75) is 44.6 Å². The Morgan fingerprint density at radius 3 is 2.20 bits per heavy atom. The first-order valence-electron chi connectivity index (χ1n) is 12.0. The quantitative estimate of drug-likeness (QED) is 0.399. The lowest BCUT2D eigenvalue weighted by Crippen LogP contribution is -2.49. The van der Waals surface area contributed by atoms with Gasteiger partial charge in [-0.05, 0) is 41.0 Å². The van der Waals surface area contributed by atoms with Crippen LogP contribution in [0.25, 0.3) is 11.1 Å². The third kappa shape index (κ3) is 7.05. The van der Waals surface area contributed by atoms with E-state index in [1.807, 2.05) is 43.3 Å². The van der Waals surface area contributed by atoms with Crippen molar-refractivity contribution in [2.24, 2.45) is 5.92 Å². The first kappa shape index (κ1) is 26.2. The number of nitrogens with one attached hydrogen (secondary N) is 2. The molecule has 0 aliphatic heterocycles. The number of carboxylic acids is 1. The SMILES string of the molecule is CCC(CCNC(=O)C(COC)NC(=O)OCC1c2ccccc2-c2ccccc21)CCC(=O)O. The first-order valence-corrected chi connectivity index (χ1v) is 12.0. The van der Waals surface area contributed by atoms with E-state index in [2.05, 4.69) is 22.8 Å². The highest BCUT2D eigenvalue weighted by Gasteiger charge is 2.29. The number of carboxylic acid groups (broad SMARTS) is 1. The molecule has 0 bridgehead atoms. The van der Waals surface area contributed by atoms with Gasteiger partial charge in [0.25, 0.3) is 0 Å². The number of alkyl carbamates (subject to hydrolysis) is 1. The Hall–Kier alpha value is -3.39. The average Bonchev–Trinajstić information content (AvgIpc) is 3.18. The summed E-state index contributed by atoms with van der Waals surface area (Å²) in [4.78, 5) is 36.0. The van der Waals surface area contributed by atoms with Crippen molar-refractivity contribution in [3.05, 3.63) is 59.7 Å². The first-order chi connectivity index (χ1) is 16.9. The molecule has 0 saturated heterocycles. The number of hydrogen-bond donors (Lipinski definition) is 3. The Morgan fingerprint density at radius 2 is 1.63 bits per heavy atom. The highest BCUT2D eigenvalue weighted by Crippen LogP contribution is 2.44. The number of aliphatic carboxylic acids is 1. The molecular weight excluding hydrogens is 448 g/mol. The predicted molar refractivity (Wildman–Crippen MR) is 132 cm³/mol. The van der Waals surface area contributed by atoms with Crippen LogP contribution in [0, 0.1) is 5.92 Å².